The minimum absolute atomic E-state index is 0.124. The first kappa shape index (κ1) is 22.3. The van der Waals surface area contributed by atoms with Gasteiger partial charge in [-0.2, -0.15) is 10.4 Å². The van der Waals surface area contributed by atoms with E-state index >= 15 is 0 Å². The first-order valence-electron chi connectivity index (χ1n) is 9.59. The summed E-state index contributed by atoms with van der Waals surface area (Å²) in [5, 5.41) is 31.3. The third-order valence-corrected chi connectivity index (χ3v) is 4.30. The fourth-order valence-corrected chi connectivity index (χ4v) is 3.06. The Morgan fingerprint density at radius 3 is 2.81 bits per heavy atom. The van der Waals surface area contributed by atoms with Gasteiger partial charge in [0.25, 0.3) is 5.91 Å². The lowest BCUT2D eigenvalue weighted by Crippen LogP contribution is -2.61. The van der Waals surface area contributed by atoms with Crippen LogP contribution in [0.4, 0.5) is 5.82 Å². The predicted molar refractivity (Wildman–Crippen MR) is 107 cm³/mol. The lowest BCUT2D eigenvalue weighted by molar-refractivity contribution is -0.188. The SMILES string of the molecule is CC(C)(C)OC(=O)C(O)[C@H]1OC(C)(C)CN(c2ccn(-c3cnnc(C#N)c3)n2)C1=O. The number of amides is 1. The van der Waals surface area contributed by atoms with E-state index in [0.29, 0.717) is 5.69 Å². The maximum absolute atomic E-state index is 13.1. The predicted octanol–water partition coefficient (Wildman–Crippen LogP) is 0.747. The number of aliphatic hydroxyl groups excluding tert-OH is 1. The molecule has 3 rings (SSSR count). The Balaban J connectivity index is 1.87. The number of aliphatic hydroxyl groups is 1. The van der Waals surface area contributed by atoms with Crippen molar-refractivity contribution >= 4 is 17.7 Å². The van der Waals surface area contributed by atoms with Crippen molar-refractivity contribution in [2.24, 2.45) is 0 Å². The van der Waals surface area contributed by atoms with Crippen molar-refractivity contribution in [1.82, 2.24) is 20.0 Å². The fourth-order valence-electron chi connectivity index (χ4n) is 3.06. The largest absolute Gasteiger partial charge is 0.458 e. The second-order valence-electron chi connectivity index (χ2n) is 8.73. The monoisotopic (exact) mass is 428 g/mol. The number of carbonyl (C=O) groups is 2. The summed E-state index contributed by atoms with van der Waals surface area (Å²) in [6, 6.07) is 5.01. The standard InChI is InChI=1S/C20H24N6O5/c1-19(2,3)31-18(29)15(27)16-17(28)25(11-20(4,5)30-16)14-6-7-26(24-14)13-8-12(9-21)23-22-10-13/h6-8,10,15-16,27H,11H2,1-5H3/t15?,16-/m1/s1. The average molecular weight is 428 g/mol. The zero-order chi connectivity index (χ0) is 23.0. The van der Waals surface area contributed by atoms with Gasteiger partial charge in [-0.15, -0.1) is 10.2 Å². The van der Waals surface area contributed by atoms with E-state index in [1.165, 1.54) is 21.8 Å². The third-order valence-electron chi connectivity index (χ3n) is 4.30. The molecule has 11 heteroatoms. The molecule has 1 N–H and O–H groups in total. The van der Waals surface area contributed by atoms with Gasteiger partial charge in [0.15, 0.2) is 23.7 Å². The molecule has 1 aliphatic heterocycles. The van der Waals surface area contributed by atoms with Gasteiger partial charge in [0.2, 0.25) is 0 Å². The van der Waals surface area contributed by atoms with Crippen molar-refractivity contribution in [3.05, 3.63) is 30.2 Å². The summed E-state index contributed by atoms with van der Waals surface area (Å²) < 4.78 is 12.4. The van der Waals surface area contributed by atoms with Gasteiger partial charge in [-0.1, -0.05) is 0 Å². The summed E-state index contributed by atoms with van der Waals surface area (Å²) in [4.78, 5) is 26.8. The summed E-state index contributed by atoms with van der Waals surface area (Å²) in [5.74, 6) is -1.27. The Hall–Kier alpha value is -3.36. The fraction of sp³-hybridized carbons (Fsp3) is 0.500. The highest BCUT2D eigenvalue weighted by Gasteiger charge is 2.47. The molecule has 164 valence electrons. The maximum atomic E-state index is 13.1. The van der Waals surface area contributed by atoms with Crippen LogP contribution in [0.1, 0.15) is 40.3 Å². The molecule has 1 unspecified atom stereocenters. The Morgan fingerprint density at radius 1 is 1.45 bits per heavy atom. The second kappa shape index (κ2) is 8.05. The van der Waals surface area contributed by atoms with Crippen LogP contribution in [-0.4, -0.2) is 66.9 Å². The Bertz CT molecular complexity index is 1040. The molecule has 0 saturated carbocycles. The van der Waals surface area contributed by atoms with Crippen LogP contribution in [0.15, 0.2) is 24.5 Å². The number of aromatic nitrogens is 4. The van der Waals surface area contributed by atoms with Crippen LogP contribution in [0.5, 0.6) is 0 Å². The molecule has 0 aromatic carbocycles. The van der Waals surface area contributed by atoms with Crippen LogP contribution < -0.4 is 4.90 Å². The summed E-state index contributed by atoms with van der Waals surface area (Å²) in [5.41, 5.74) is -1.08. The average Bonchev–Trinajstić information content (AvgIpc) is 3.17. The molecule has 0 radical (unpaired) electrons. The topological polar surface area (TPSA) is 143 Å². The van der Waals surface area contributed by atoms with Gasteiger partial charge >= 0.3 is 5.97 Å². The van der Waals surface area contributed by atoms with E-state index in [-0.39, 0.29) is 18.1 Å². The van der Waals surface area contributed by atoms with Crippen LogP contribution in [0, 0.1) is 11.3 Å². The first-order chi connectivity index (χ1) is 14.4. The molecule has 1 amide bonds. The van der Waals surface area contributed by atoms with Crippen LogP contribution in [0.25, 0.3) is 5.69 Å². The van der Waals surface area contributed by atoms with Gasteiger partial charge in [-0.05, 0) is 34.6 Å². The number of hydrogen-bond donors (Lipinski definition) is 1. The molecule has 2 aromatic rings. The molecule has 2 atom stereocenters. The van der Waals surface area contributed by atoms with E-state index in [2.05, 4.69) is 15.3 Å². The number of nitriles is 1. The Morgan fingerprint density at radius 2 is 2.16 bits per heavy atom. The molecule has 11 nitrogen and oxygen atoms in total. The Labute approximate surface area is 179 Å². The van der Waals surface area contributed by atoms with Crippen molar-refractivity contribution in [3.8, 4) is 11.8 Å². The van der Waals surface area contributed by atoms with E-state index in [1.54, 1.807) is 46.9 Å². The lowest BCUT2D eigenvalue weighted by atomic mass is 10.0. The molecule has 1 saturated heterocycles. The molecule has 3 heterocycles. The number of carbonyl (C=O) groups excluding carboxylic acids is 2. The summed E-state index contributed by atoms with van der Waals surface area (Å²) in [7, 11) is 0. The highest BCUT2D eigenvalue weighted by molar-refractivity contribution is 6.00. The van der Waals surface area contributed by atoms with E-state index in [9.17, 15) is 14.7 Å². The van der Waals surface area contributed by atoms with Crippen LogP contribution in [0.3, 0.4) is 0 Å². The summed E-state index contributed by atoms with van der Waals surface area (Å²) >= 11 is 0. The molecular formula is C20H24N6O5. The van der Waals surface area contributed by atoms with Gasteiger partial charge in [0.05, 0.1) is 24.0 Å². The molecule has 31 heavy (non-hydrogen) atoms. The Kier molecular flexibility index (Phi) is 5.80. The zero-order valence-electron chi connectivity index (χ0n) is 17.9. The molecule has 0 bridgehead atoms. The number of morpholine rings is 1. The first-order valence-corrected chi connectivity index (χ1v) is 9.59. The van der Waals surface area contributed by atoms with Crippen molar-refractivity contribution in [2.75, 3.05) is 11.4 Å². The summed E-state index contributed by atoms with van der Waals surface area (Å²) in [6.07, 6.45) is -0.213. The van der Waals surface area contributed by atoms with E-state index in [0.717, 1.165) is 0 Å². The van der Waals surface area contributed by atoms with Crippen LogP contribution in [0.2, 0.25) is 0 Å². The summed E-state index contributed by atoms with van der Waals surface area (Å²) in [6.45, 7) is 8.62. The molecule has 0 spiro atoms. The number of anilines is 1. The number of ether oxygens (including phenoxy) is 2. The zero-order valence-corrected chi connectivity index (χ0v) is 17.9. The molecule has 2 aromatic heterocycles. The van der Waals surface area contributed by atoms with Gasteiger partial charge in [0, 0.05) is 18.3 Å². The van der Waals surface area contributed by atoms with Crippen molar-refractivity contribution in [3.63, 3.8) is 0 Å². The lowest BCUT2D eigenvalue weighted by Gasteiger charge is -2.42. The highest BCUT2D eigenvalue weighted by atomic mass is 16.6. The number of rotatable bonds is 4. The van der Waals surface area contributed by atoms with E-state index < -0.39 is 35.3 Å². The minimum atomic E-state index is -1.79. The maximum Gasteiger partial charge on any atom is 0.338 e. The molecule has 1 aliphatic rings. The van der Waals surface area contributed by atoms with Crippen LogP contribution in [-0.2, 0) is 19.1 Å². The van der Waals surface area contributed by atoms with Crippen molar-refractivity contribution in [1.29, 1.82) is 5.26 Å². The van der Waals surface area contributed by atoms with Crippen molar-refractivity contribution < 1.29 is 24.2 Å². The number of nitrogens with zero attached hydrogens (tertiary/aromatic N) is 6. The van der Waals surface area contributed by atoms with Crippen molar-refractivity contribution in [2.45, 2.75) is 58.0 Å². The van der Waals surface area contributed by atoms with Gasteiger partial charge in [-0.3, -0.25) is 9.69 Å². The van der Waals surface area contributed by atoms with Gasteiger partial charge in [-0.25, -0.2) is 9.48 Å². The number of hydrogen-bond acceptors (Lipinski definition) is 9. The van der Waals surface area contributed by atoms with Gasteiger partial charge in [0.1, 0.15) is 11.7 Å². The van der Waals surface area contributed by atoms with Gasteiger partial charge < -0.3 is 14.6 Å². The third kappa shape index (κ3) is 5.04. The minimum Gasteiger partial charge on any atom is -0.458 e. The van der Waals surface area contributed by atoms with Crippen LogP contribution >= 0.6 is 0 Å². The normalized spacial score (nSPS) is 19.6. The second-order valence-corrected chi connectivity index (χ2v) is 8.73. The molecule has 1 fully saturated rings. The highest BCUT2D eigenvalue weighted by Crippen LogP contribution is 2.28. The quantitative estimate of drug-likeness (QED) is 0.697. The van der Waals surface area contributed by atoms with E-state index in [4.69, 9.17) is 14.7 Å². The number of esters is 1. The molecular weight excluding hydrogens is 404 g/mol. The smallest absolute Gasteiger partial charge is 0.338 e. The molecule has 0 aliphatic carbocycles. The van der Waals surface area contributed by atoms with E-state index in [1.807, 2.05) is 6.07 Å².